The summed E-state index contributed by atoms with van der Waals surface area (Å²) in [6.45, 7) is 5.65. The number of aliphatic hydroxyl groups is 1. The highest BCUT2D eigenvalue weighted by Crippen LogP contribution is 2.10. The van der Waals surface area contributed by atoms with E-state index in [0.29, 0.717) is 26.2 Å². The molecule has 0 atom stereocenters. The molecule has 1 rings (SSSR count). The van der Waals surface area contributed by atoms with Gasteiger partial charge in [0.1, 0.15) is 12.4 Å². The quantitative estimate of drug-likeness (QED) is 0.733. The molecule has 5 nitrogen and oxygen atoms in total. The number of aliphatic hydroxyl groups excluding tert-OH is 1. The third-order valence-corrected chi connectivity index (χ3v) is 2.71. The van der Waals surface area contributed by atoms with Gasteiger partial charge in [0.05, 0.1) is 13.2 Å². The predicted octanol–water partition coefficient (Wildman–Crippen LogP) is 1.40. The first-order valence-electron chi connectivity index (χ1n) is 6.50. The van der Waals surface area contributed by atoms with Crippen LogP contribution in [0.3, 0.4) is 0 Å². The van der Waals surface area contributed by atoms with Crippen molar-refractivity contribution in [3.05, 3.63) is 29.8 Å². The molecule has 5 heteroatoms. The maximum absolute atomic E-state index is 11.7. The number of urea groups is 1. The van der Waals surface area contributed by atoms with Crippen LogP contribution in [-0.4, -0.2) is 48.9 Å². The molecule has 0 aliphatic heterocycles. The van der Waals surface area contributed by atoms with Gasteiger partial charge in [-0.2, -0.15) is 0 Å². The van der Waals surface area contributed by atoms with E-state index in [-0.39, 0.29) is 12.6 Å². The van der Waals surface area contributed by atoms with Crippen molar-refractivity contribution in [2.24, 2.45) is 0 Å². The fourth-order valence-corrected chi connectivity index (χ4v) is 1.60. The Morgan fingerprint density at radius 1 is 1.37 bits per heavy atom. The van der Waals surface area contributed by atoms with Gasteiger partial charge in [-0.05, 0) is 26.0 Å². The molecule has 0 aliphatic rings. The Balaban J connectivity index is 2.23. The molecule has 19 heavy (non-hydrogen) atoms. The minimum atomic E-state index is -0.177. The molecule has 1 aromatic carbocycles. The van der Waals surface area contributed by atoms with Crippen LogP contribution in [-0.2, 0) is 0 Å². The normalized spacial score (nSPS) is 10.1. The van der Waals surface area contributed by atoms with Gasteiger partial charge in [0.25, 0.3) is 0 Å². The fourth-order valence-electron chi connectivity index (χ4n) is 1.60. The molecule has 0 bridgehead atoms. The lowest BCUT2D eigenvalue weighted by Crippen LogP contribution is -2.42. The Labute approximate surface area is 114 Å². The molecule has 0 saturated heterocycles. The molecule has 2 N–H and O–H groups in total. The number of ether oxygens (including phenoxy) is 1. The van der Waals surface area contributed by atoms with Crippen molar-refractivity contribution in [2.45, 2.75) is 13.8 Å². The Kier molecular flexibility index (Phi) is 6.74. The summed E-state index contributed by atoms with van der Waals surface area (Å²) in [4.78, 5) is 13.2. The van der Waals surface area contributed by atoms with Gasteiger partial charge in [0.2, 0.25) is 0 Å². The van der Waals surface area contributed by atoms with Crippen molar-refractivity contribution in [3.63, 3.8) is 0 Å². The number of hydrogen-bond donors (Lipinski definition) is 2. The van der Waals surface area contributed by atoms with E-state index in [9.17, 15) is 4.79 Å². The first-order chi connectivity index (χ1) is 9.17. The van der Waals surface area contributed by atoms with Gasteiger partial charge in [-0.25, -0.2) is 4.79 Å². The van der Waals surface area contributed by atoms with E-state index in [1.807, 2.05) is 38.1 Å². The molecule has 0 saturated carbocycles. The lowest BCUT2D eigenvalue weighted by atomic mass is 10.2. The molecular weight excluding hydrogens is 244 g/mol. The van der Waals surface area contributed by atoms with E-state index < -0.39 is 0 Å². The number of nitrogens with zero attached hydrogens (tertiary/aromatic N) is 1. The van der Waals surface area contributed by atoms with Gasteiger partial charge in [0.15, 0.2) is 0 Å². The molecular formula is C14H22N2O3. The summed E-state index contributed by atoms with van der Waals surface area (Å²) in [5, 5.41) is 11.6. The predicted molar refractivity (Wildman–Crippen MR) is 74.4 cm³/mol. The van der Waals surface area contributed by atoms with Gasteiger partial charge >= 0.3 is 6.03 Å². The number of carbonyl (C=O) groups excluding carboxylic acids is 1. The number of hydrogen-bond acceptors (Lipinski definition) is 3. The van der Waals surface area contributed by atoms with Gasteiger partial charge in [-0.15, -0.1) is 0 Å². The smallest absolute Gasteiger partial charge is 0.317 e. The zero-order chi connectivity index (χ0) is 14.1. The van der Waals surface area contributed by atoms with Crippen LogP contribution in [0.4, 0.5) is 4.79 Å². The highest BCUT2D eigenvalue weighted by Gasteiger charge is 2.09. The highest BCUT2D eigenvalue weighted by molar-refractivity contribution is 5.74. The van der Waals surface area contributed by atoms with Gasteiger partial charge in [0, 0.05) is 13.1 Å². The summed E-state index contributed by atoms with van der Waals surface area (Å²) in [6.07, 6.45) is 0. The zero-order valence-electron chi connectivity index (χ0n) is 11.6. The average Bonchev–Trinajstić information content (AvgIpc) is 2.42. The molecule has 2 amide bonds. The molecule has 0 spiro atoms. The molecule has 0 unspecified atom stereocenters. The van der Waals surface area contributed by atoms with E-state index in [4.69, 9.17) is 9.84 Å². The van der Waals surface area contributed by atoms with Crippen molar-refractivity contribution in [1.82, 2.24) is 10.2 Å². The lowest BCUT2D eigenvalue weighted by molar-refractivity contribution is 0.178. The molecule has 106 valence electrons. The number of aryl methyl sites for hydroxylation is 1. The van der Waals surface area contributed by atoms with Crippen LogP contribution in [0, 0.1) is 6.92 Å². The second-order valence-electron chi connectivity index (χ2n) is 4.20. The third kappa shape index (κ3) is 5.61. The number of nitrogens with one attached hydrogen (secondary N) is 1. The SMILES string of the molecule is CCN(CCO)C(=O)NCCOc1ccc(C)cc1. The number of rotatable bonds is 7. The maximum atomic E-state index is 11.7. The van der Waals surface area contributed by atoms with Crippen molar-refractivity contribution in [1.29, 1.82) is 0 Å². The van der Waals surface area contributed by atoms with E-state index in [1.165, 1.54) is 5.56 Å². The maximum Gasteiger partial charge on any atom is 0.317 e. The first kappa shape index (κ1) is 15.3. The average molecular weight is 266 g/mol. The van der Waals surface area contributed by atoms with Crippen molar-refractivity contribution in [3.8, 4) is 5.75 Å². The Hall–Kier alpha value is -1.75. The summed E-state index contributed by atoms with van der Waals surface area (Å²) < 4.78 is 5.50. The van der Waals surface area contributed by atoms with Crippen molar-refractivity contribution in [2.75, 3.05) is 32.8 Å². The molecule has 1 aromatic rings. The molecule has 0 radical (unpaired) electrons. The minimum Gasteiger partial charge on any atom is -0.492 e. The summed E-state index contributed by atoms with van der Waals surface area (Å²) in [6, 6.07) is 7.59. The summed E-state index contributed by atoms with van der Waals surface area (Å²) in [5.74, 6) is 0.794. The van der Waals surface area contributed by atoms with Crippen molar-refractivity contribution >= 4 is 6.03 Å². The zero-order valence-corrected chi connectivity index (χ0v) is 11.6. The van der Waals surface area contributed by atoms with Crippen LogP contribution in [0.1, 0.15) is 12.5 Å². The minimum absolute atomic E-state index is 0.0267. The summed E-state index contributed by atoms with van der Waals surface area (Å²) >= 11 is 0. The van der Waals surface area contributed by atoms with Crippen LogP contribution in [0.25, 0.3) is 0 Å². The second-order valence-corrected chi connectivity index (χ2v) is 4.20. The van der Waals surface area contributed by atoms with Gasteiger partial charge < -0.3 is 20.1 Å². The molecule has 0 fully saturated rings. The van der Waals surface area contributed by atoms with Crippen LogP contribution in [0.5, 0.6) is 5.75 Å². The standard InChI is InChI=1S/C14H22N2O3/c1-3-16(9-10-17)14(18)15-8-11-19-13-6-4-12(2)5-7-13/h4-7,17H,3,8-11H2,1-2H3,(H,15,18). The van der Waals surface area contributed by atoms with Crippen LogP contribution < -0.4 is 10.1 Å². The number of likely N-dealkylation sites (N-methyl/N-ethyl adjacent to an activating group) is 1. The van der Waals surface area contributed by atoms with E-state index in [0.717, 1.165) is 5.75 Å². The largest absolute Gasteiger partial charge is 0.492 e. The van der Waals surface area contributed by atoms with Crippen LogP contribution >= 0.6 is 0 Å². The van der Waals surface area contributed by atoms with Gasteiger partial charge in [-0.3, -0.25) is 0 Å². The summed E-state index contributed by atoms with van der Waals surface area (Å²) in [5.41, 5.74) is 1.18. The highest BCUT2D eigenvalue weighted by atomic mass is 16.5. The van der Waals surface area contributed by atoms with E-state index in [2.05, 4.69) is 5.32 Å². The number of benzene rings is 1. The topological polar surface area (TPSA) is 61.8 Å². The number of carbonyl (C=O) groups is 1. The van der Waals surface area contributed by atoms with Crippen LogP contribution in [0.2, 0.25) is 0 Å². The monoisotopic (exact) mass is 266 g/mol. The lowest BCUT2D eigenvalue weighted by Gasteiger charge is -2.20. The Morgan fingerprint density at radius 3 is 2.63 bits per heavy atom. The second kappa shape index (κ2) is 8.37. The molecule has 0 heterocycles. The van der Waals surface area contributed by atoms with E-state index in [1.54, 1.807) is 4.90 Å². The fraction of sp³-hybridized carbons (Fsp3) is 0.500. The third-order valence-electron chi connectivity index (χ3n) is 2.71. The van der Waals surface area contributed by atoms with Gasteiger partial charge in [-0.1, -0.05) is 17.7 Å². The van der Waals surface area contributed by atoms with Crippen molar-refractivity contribution < 1.29 is 14.6 Å². The van der Waals surface area contributed by atoms with E-state index >= 15 is 0 Å². The Morgan fingerprint density at radius 2 is 2.05 bits per heavy atom. The van der Waals surface area contributed by atoms with Crippen LogP contribution in [0.15, 0.2) is 24.3 Å². The first-order valence-corrected chi connectivity index (χ1v) is 6.50. The molecule has 0 aromatic heterocycles. The Bertz CT molecular complexity index is 379. The number of amides is 2. The molecule has 0 aliphatic carbocycles. The summed E-state index contributed by atoms with van der Waals surface area (Å²) in [7, 11) is 0.